The Balaban J connectivity index is 1.57. The van der Waals surface area contributed by atoms with Gasteiger partial charge in [0.1, 0.15) is 0 Å². The number of benzene rings is 2. The van der Waals surface area contributed by atoms with Crippen LogP contribution in [0.4, 0.5) is 5.69 Å². The molecule has 5 nitrogen and oxygen atoms in total. The van der Waals surface area contributed by atoms with Crippen molar-refractivity contribution in [2.75, 3.05) is 37.4 Å². The molecule has 0 N–H and O–H groups in total. The zero-order valence-corrected chi connectivity index (χ0v) is 17.8. The van der Waals surface area contributed by atoms with Crippen LogP contribution in [0.1, 0.15) is 24.0 Å². The summed E-state index contributed by atoms with van der Waals surface area (Å²) in [5.74, 6) is 0. The molecule has 4 rings (SSSR count). The van der Waals surface area contributed by atoms with E-state index in [1.165, 1.54) is 16.1 Å². The molecule has 2 aliphatic heterocycles. The van der Waals surface area contributed by atoms with E-state index in [1.807, 2.05) is 12.1 Å². The molecule has 150 valence electrons. The zero-order chi connectivity index (χ0) is 19.8. The first-order chi connectivity index (χ1) is 13.4. The van der Waals surface area contributed by atoms with Gasteiger partial charge in [-0.15, -0.1) is 0 Å². The molecule has 1 saturated heterocycles. The minimum absolute atomic E-state index is 0.275. The van der Waals surface area contributed by atoms with Gasteiger partial charge in [0.15, 0.2) is 0 Å². The lowest BCUT2D eigenvalue weighted by molar-refractivity contribution is -0.0948. The van der Waals surface area contributed by atoms with Crippen LogP contribution in [-0.2, 0) is 31.5 Å². The SMILES string of the molecule is COC1(c2cccc(Sc3ccc4c(c3)CCN4S(C)(=O)=O)c2)CCOCC1. The first-order valence-corrected chi connectivity index (χ1v) is 12.1. The first-order valence-electron chi connectivity index (χ1n) is 9.43. The second-order valence-electron chi connectivity index (χ2n) is 7.32. The Morgan fingerprint density at radius 2 is 1.86 bits per heavy atom. The van der Waals surface area contributed by atoms with Crippen LogP contribution in [0.3, 0.4) is 0 Å². The normalized spacial score (nSPS) is 18.9. The number of hydrogen-bond donors (Lipinski definition) is 0. The van der Waals surface area contributed by atoms with Gasteiger partial charge in [0, 0.05) is 49.5 Å². The van der Waals surface area contributed by atoms with Gasteiger partial charge in [-0.05, 0) is 47.9 Å². The molecule has 0 aromatic heterocycles. The Kier molecular flexibility index (Phi) is 5.44. The van der Waals surface area contributed by atoms with Crippen molar-refractivity contribution in [2.24, 2.45) is 0 Å². The van der Waals surface area contributed by atoms with Crippen molar-refractivity contribution < 1.29 is 17.9 Å². The van der Waals surface area contributed by atoms with Gasteiger partial charge in [0.25, 0.3) is 0 Å². The fourth-order valence-corrected chi connectivity index (χ4v) is 5.95. The molecule has 0 saturated carbocycles. The maximum atomic E-state index is 11.9. The predicted octanol–water partition coefficient (Wildman–Crippen LogP) is 3.81. The van der Waals surface area contributed by atoms with Gasteiger partial charge in [-0.2, -0.15) is 0 Å². The molecular weight excluding hydrogens is 394 g/mol. The van der Waals surface area contributed by atoms with E-state index in [-0.39, 0.29) is 5.60 Å². The van der Waals surface area contributed by atoms with E-state index in [2.05, 4.69) is 30.3 Å². The van der Waals surface area contributed by atoms with Gasteiger partial charge in [0.2, 0.25) is 10.0 Å². The first kappa shape index (κ1) is 19.8. The fourth-order valence-electron chi connectivity index (χ4n) is 4.05. The molecule has 2 heterocycles. The zero-order valence-electron chi connectivity index (χ0n) is 16.2. The average Bonchev–Trinajstić information content (AvgIpc) is 3.12. The van der Waals surface area contributed by atoms with Crippen molar-refractivity contribution in [3.05, 3.63) is 53.6 Å². The summed E-state index contributed by atoms with van der Waals surface area (Å²) in [6, 6.07) is 14.5. The summed E-state index contributed by atoms with van der Waals surface area (Å²) >= 11 is 1.69. The van der Waals surface area contributed by atoms with Crippen LogP contribution in [0.25, 0.3) is 0 Å². The molecule has 28 heavy (non-hydrogen) atoms. The van der Waals surface area contributed by atoms with Crippen LogP contribution in [0.2, 0.25) is 0 Å². The van der Waals surface area contributed by atoms with Crippen molar-refractivity contribution in [1.82, 2.24) is 0 Å². The van der Waals surface area contributed by atoms with Crippen LogP contribution in [0, 0.1) is 0 Å². The minimum atomic E-state index is -3.21. The second-order valence-corrected chi connectivity index (χ2v) is 10.4. The largest absolute Gasteiger partial charge is 0.381 e. The van der Waals surface area contributed by atoms with Gasteiger partial charge in [0.05, 0.1) is 17.5 Å². The van der Waals surface area contributed by atoms with Crippen LogP contribution in [-0.4, -0.2) is 41.5 Å². The highest BCUT2D eigenvalue weighted by molar-refractivity contribution is 7.99. The molecule has 0 radical (unpaired) electrons. The number of methoxy groups -OCH3 is 1. The Hall–Kier alpha value is -1.54. The van der Waals surface area contributed by atoms with E-state index in [1.54, 1.807) is 18.9 Å². The highest BCUT2D eigenvalue weighted by Gasteiger charge is 2.34. The van der Waals surface area contributed by atoms with Crippen molar-refractivity contribution >= 4 is 27.5 Å². The number of fused-ring (bicyclic) bond motifs is 1. The molecule has 0 aliphatic carbocycles. The Morgan fingerprint density at radius 1 is 1.11 bits per heavy atom. The summed E-state index contributed by atoms with van der Waals surface area (Å²) in [4.78, 5) is 2.27. The second kappa shape index (κ2) is 7.71. The molecule has 0 unspecified atom stereocenters. The maximum absolute atomic E-state index is 11.9. The van der Waals surface area contributed by atoms with Gasteiger partial charge in [-0.3, -0.25) is 4.31 Å². The molecule has 0 spiro atoms. The summed E-state index contributed by atoms with van der Waals surface area (Å²) < 4.78 is 36.8. The smallest absolute Gasteiger partial charge is 0.232 e. The van der Waals surface area contributed by atoms with Crippen molar-refractivity contribution in [3.63, 3.8) is 0 Å². The van der Waals surface area contributed by atoms with E-state index in [0.29, 0.717) is 19.8 Å². The van der Waals surface area contributed by atoms with Crippen LogP contribution >= 0.6 is 11.8 Å². The highest BCUT2D eigenvalue weighted by Crippen LogP contribution is 2.39. The van der Waals surface area contributed by atoms with Crippen LogP contribution in [0.15, 0.2) is 52.3 Å². The average molecular weight is 420 g/mol. The summed E-state index contributed by atoms with van der Waals surface area (Å²) in [6.45, 7) is 1.95. The molecule has 0 atom stereocenters. The van der Waals surface area contributed by atoms with Gasteiger partial charge >= 0.3 is 0 Å². The van der Waals surface area contributed by atoms with Crippen molar-refractivity contribution in [2.45, 2.75) is 34.7 Å². The topological polar surface area (TPSA) is 55.8 Å². The number of sulfonamides is 1. The van der Waals surface area contributed by atoms with E-state index < -0.39 is 10.0 Å². The monoisotopic (exact) mass is 419 g/mol. The summed E-state index contributed by atoms with van der Waals surface area (Å²) in [5.41, 5.74) is 2.81. The standard InChI is InChI=1S/C21H25NO4S2/c1-25-21(9-12-26-13-10-21)17-4-3-5-18(15-17)27-19-6-7-20-16(14-19)8-11-22(20)28(2,23)24/h3-7,14-15H,8-13H2,1-2H3. The number of nitrogens with zero attached hydrogens (tertiary/aromatic N) is 1. The molecule has 0 bridgehead atoms. The van der Waals surface area contributed by atoms with E-state index >= 15 is 0 Å². The Labute approximate surface area is 171 Å². The molecule has 2 aliphatic rings. The van der Waals surface area contributed by atoms with Crippen LogP contribution < -0.4 is 4.31 Å². The summed E-state index contributed by atoms with van der Waals surface area (Å²) in [6.07, 6.45) is 3.73. The van der Waals surface area contributed by atoms with E-state index in [4.69, 9.17) is 9.47 Å². The van der Waals surface area contributed by atoms with E-state index in [9.17, 15) is 8.42 Å². The van der Waals surface area contributed by atoms with Crippen molar-refractivity contribution in [1.29, 1.82) is 0 Å². The molecule has 1 fully saturated rings. The van der Waals surface area contributed by atoms with Gasteiger partial charge in [-0.25, -0.2) is 8.42 Å². The lowest BCUT2D eigenvalue weighted by atomic mass is 9.86. The Morgan fingerprint density at radius 3 is 2.57 bits per heavy atom. The van der Waals surface area contributed by atoms with E-state index in [0.717, 1.165) is 40.3 Å². The highest BCUT2D eigenvalue weighted by atomic mass is 32.2. The number of anilines is 1. The molecular formula is C21H25NO4S2. The Bertz CT molecular complexity index is 968. The lowest BCUT2D eigenvalue weighted by Gasteiger charge is -2.36. The third-order valence-electron chi connectivity index (χ3n) is 5.59. The summed E-state index contributed by atoms with van der Waals surface area (Å²) in [5, 5.41) is 0. The number of rotatable bonds is 5. The summed E-state index contributed by atoms with van der Waals surface area (Å²) in [7, 11) is -1.44. The maximum Gasteiger partial charge on any atom is 0.232 e. The molecule has 7 heteroatoms. The van der Waals surface area contributed by atoms with Crippen molar-refractivity contribution in [3.8, 4) is 0 Å². The third kappa shape index (κ3) is 3.81. The van der Waals surface area contributed by atoms with Crippen LogP contribution in [0.5, 0.6) is 0 Å². The number of ether oxygens (including phenoxy) is 2. The number of hydrogen-bond acceptors (Lipinski definition) is 5. The lowest BCUT2D eigenvalue weighted by Crippen LogP contribution is -2.35. The molecule has 2 aromatic rings. The molecule has 2 aromatic carbocycles. The fraction of sp³-hybridized carbons (Fsp3) is 0.429. The quantitative estimate of drug-likeness (QED) is 0.738. The third-order valence-corrected chi connectivity index (χ3v) is 7.75. The van der Waals surface area contributed by atoms with Gasteiger partial charge in [-0.1, -0.05) is 23.9 Å². The molecule has 0 amide bonds. The minimum Gasteiger partial charge on any atom is -0.381 e. The van der Waals surface area contributed by atoms with Gasteiger partial charge < -0.3 is 9.47 Å². The predicted molar refractivity (Wildman–Crippen MR) is 112 cm³/mol.